The Morgan fingerprint density at radius 2 is 0.973 bits per heavy atom. The molecule has 0 saturated heterocycles. The molecule has 0 saturated carbocycles. The average molecular weight is 480 g/mol. The van der Waals surface area contributed by atoms with Crippen LogP contribution < -0.4 is 9.80 Å². The lowest BCUT2D eigenvalue weighted by Gasteiger charge is -2.27. The monoisotopic (exact) mass is 479 g/mol. The number of nitrogens with zero attached hydrogens (tertiary/aromatic N) is 3. The first-order valence-corrected chi connectivity index (χ1v) is 12.2. The third-order valence-corrected chi connectivity index (χ3v) is 6.80. The van der Waals surface area contributed by atoms with Crippen LogP contribution in [0.4, 0.5) is 34.1 Å². The summed E-state index contributed by atoms with van der Waals surface area (Å²) in [5.41, 5.74) is 5.60. The molecule has 6 aromatic rings. The number of fused-ring (bicyclic) bond motifs is 2. The van der Waals surface area contributed by atoms with Gasteiger partial charge in [0.1, 0.15) is 5.69 Å². The van der Waals surface area contributed by atoms with Crippen LogP contribution in [-0.4, -0.2) is 7.05 Å². The third kappa shape index (κ3) is 4.41. The van der Waals surface area contributed by atoms with Gasteiger partial charge in [0.25, 0.3) is 0 Å². The fraction of sp³-hybridized carbons (Fsp3) is 0.0303. The molecule has 6 rings (SSSR count). The van der Waals surface area contributed by atoms with E-state index in [2.05, 4.69) is 124 Å². The third-order valence-electron chi connectivity index (χ3n) is 6.80. The van der Waals surface area contributed by atoms with Gasteiger partial charge < -0.3 is 9.80 Å². The second-order valence-electron chi connectivity index (χ2n) is 9.08. The maximum Gasteiger partial charge on any atom is 0.110 e. The van der Waals surface area contributed by atoms with Crippen molar-refractivity contribution in [3.05, 3.63) is 138 Å². The highest BCUT2D eigenvalue weighted by atomic mass is 16.3. The van der Waals surface area contributed by atoms with Gasteiger partial charge in [-0.2, -0.15) is 0 Å². The van der Waals surface area contributed by atoms with Crippen LogP contribution in [0.1, 0.15) is 0 Å². The molecular formula is C33H25N3O. The summed E-state index contributed by atoms with van der Waals surface area (Å²) in [6.07, 6.45) is 0. The van der Waals surface area contributed by atoms with E-state index < -0.39 is 0 Å². The van der Waals surface area contributed by atoms with Crippen LogP contribution in [0.5, 0.6) is 0 Å². The number of nitroso groups, excluding NO2 is 1. The quantitative estimate of drug-likeness (QED) is 0.223. The minimum absolute atomic E-state index is 0.416. The molecule has 0 unspecified atom stereocenters. The van der Waals surface area contributed by atoms with Crippen LogP contribution in [0.25, 0.3) is 21.5 Å². The van der Waals surface area contributed by atoms with E-state index in [4.69, 9.17) is 0 Å². The van der Waals surface area contributed by atoms with E-state index in [1.807, 2.05) is 19.2 Å². The smallest absolute Gasteiger partial charge is 0.110 e. The Balaban J connectivity index is 1.43. The van der Waals surface area contributed by atoms with E-state index in [-0.39, 0.29) is 0 Å². The summed E-state index contributed by atoms with van der Waals surface area (Å²) < 4.78 is 0. The molecule has 0 amide bonds. The van der Waals surface area contributed by atoms with Crippen molar-refractivity contribution in [1.82, 2.24) is 0 Å². The molecule has 0 bridgehead atoms. The van der Waals surface area contributed by atoms with E-state index in [9.17, 15) is 4.91 Å². The van der Waals surface area contributed by atoms with Gasteiger partial charge in [-0.25, -0.2) is 0 Å². The van der Waals surface area contributed by atoms with Crippen LogP contribution in [-0.2, 0) is 0 Å². The number of benzene rings is 6. The predicted molar refractivity (Wildman–Crippen MR) is 156 cm³/mol. The average Bonchev–Trinajstić information content (AvgIpc) is 2.97. The van der Waals surface area contributed by atoms with Crippen molar-refractivity contribution in [2.45, 2.75) is 0 Å². The fourth-order valence-electron chi connectivity index (χ4n) is 4.81. The molecule has 0 heterocycles. The Morgan fingerprint density at radius 1 is 0.459 bits per heavy atom. The topological polar surface area (TPSA) is 35.9 Å². The standard InChI is InChI=1S/C33H25N3O/c1-35(31-12-6-11-28(23-31)34-37)29-17-19-30(20-18-29)36(32-15-13-24-7-2-4-9-26(24)21-32)33-16-14-25-8-3-5-10-27(25)22-33/h2-23H,1H3. The number of rotatable bonds is 6. The second-order valence-corrected chi connectivity index (χ2v) is 9.08. The van der Waals surface area contributed by atoms with Crippen molar-refractivity contribution < 1.29 is 0 Å². The van der Waals surface area contributed by atoms with Gasteiger partial charge in [0.2, 0.25) is 0 Å². The first kappa shape index (κ1) is 22.5. The Hall–Kier alpha value is -4.96. The lowest BCUT2D eigenvalue weighted by molar-refractivity contribution is 1.20. The van der Waals surface area contributed by atoms with Gasteiger partial charge in [-0.1, -0.05) is 66.7 Å². The van der Waals surface area contributed by atoms with Crippen LogP contribution >= 0.6 is 0 Å². The number of hydrogen-bond donors (Lipinski definition) is 0. The molecule has 37 heavy (non-hydrogen) atoms. The maximum atomic E-state index is 11.0. The second kappa shape index (κ2) is 9.59. The molecule has 0 radical (unpaired) electrons. The van der Waals surface area contributed by atoms with Crippen molar-refractivity contribution in [2.75, 3.05) is 16.8 Å². The summed E-state index contributed by atoms with van der Waals surface area (Å²) in [5.74, 6) is 0. The van der Waals surface area contributed by atoms with Crippen molar-refractivity contribution in [3.8, 4) is 0 Å². The summed E-state index contributed by atoms with van der Waals surface area (Å²) in [4.78, 5) is 15.3. The van der Waals surface area contributed by atoms with Gasteiger partial charge in [0.05, 0.1) is 0 Å². The van der Waals surface area contributed by atoms with Crippen molar-refractivity contribution in [3.63, 3.8) is 0 Å². The first-order chi connectivity index (χ1) is 18.2. The minimum Gasteiger partial charge on any atom is -0.345 e. The lowest BCUT2D eigenvalue weighted by Crippen LogP contribution is -2.12. The fourth-order valence-corrected chi connectivity index (χ4v) is 4.81. The van der Waals surface area contributed by atoms with Crippen LogP contribution in [0.2, 0.25) is 0 Å². The summed E-state index contributed by atoms with van der Waals surface area (Å²) in [6.45, 7) is 0. The summed E-state index contributed by atoms with van der Waals surface area (Å²) in [7, 11) is 1.99. The molecule has 0 spiro atoms. The molecule has 4 nitrogen and oxygen atoms in total. The number of anilines is 5. The summed E-state index contributed by atoms with van der Waals surface area (Å²) >= 11 is 0. The molecule has 0 fully saturated rings. The molecule has 0 N–H and O–H groups in total. The van der Waals surface area contributed by atoms with E-state index >= 15 is 0 Å². The Labute approximate surface area is 216 Å². The Morgan fingerprint density at radius 3 is 1.54 bits per heavy atom. The zero-order chi connectivity index (χ0) is 25.2. The molecule has 0 aliphatic carbocycles. The molecule has 0 aliphatic rings. The highest BCUT2D eigenvalue weighted by Gasteiger charge is 2.15. The molecule has 178 valence electrons. The Kier molecular flexibility index (Phi) is 5.83. The normalized spacial score (nSPS) is 10.9. The van der Waals surface area contributed by atoms with Crippen molar-refractivity contribution in [2.24, 2.45) is 5.18 Å². The zero-order valence-electron chi connectivity index (χ0n) is 20.5. The molecule has 6 aromatic carbocycles. The van der Waals surface area contributed by atoms with Crippen LogP contribution in [0.15, 0.2) is 139 Å². The summed E-state index contributed by atoms with van der Waals surface area (Å²) in [6, 6.07) is 45.8. The highest BCUT2D eigenvalue weighted by molar-refractivity contribution is 5.92. The highest BCUT2D eigenvalue weighted by Crippen LogP contribution is 2.38. The van der Waals surface area contributed by atoms with Gasteiger partial charge in [-0.15, -0.1) is 4.91 Å². The number of hydrogen-bond acceptors (Lipinski definition) is 4. The van der Waals surface area contributed by atoms with Gasteiger partial charge in [-0.3, -0.25) is 0 Å². The van der Waals surface area contributed by atoms with Crippen molar-refractivity contribution in [1.29, 1.82) is 0 Å². The molecule has 4 heteroatoms. The maximum absolute atomic E-state index is 11.0. The van der Waals surface area contributed by atoms with Gasteiger partial charge in [0.15, 0.2) is 0 Å². The van der Waals surface area contributed by atoms with Gasteiger partial charge in [0, 0.05) is 35.5 Å². The largest absolute Gasteiger partial charge is 0.345 e. The van der Waals surface area contributed by atoms with E-state index in [0.717, 1.165) is 28.4 Å². The Bertz CT molecular complexity index is 1650. The summed E-state index contributed by atoms with van der Waals surface area (Å²) in [5, 5.41) is 7.90. The molecule has 0 aromatic heterocycles. The SMILES string of the molecule is CN(c1ccc(N(c2ccc3ccccc3c2)c2ccc3ccccc3c2)cc1)c1cccc(N=O)c1. The molecule has 0 atom stereocenters. The predicted octanol–water partition coefficient (Wildman–Crippen LogP) is 9.63. The van der Waals surface area contributed by atoms with Gasteiger partial charge >= 0.3 is 0 Å². The first-order valence-electron chi connectivity index (χ1n) is 12.2. The minimum atomic E-state index is 0.416. The zero-order valence-corrected chi connectivity index (χ0v) is 20.5. The van der Waals surface area contributed by atoms with E-state index in [0.29, 0.717) is 5.69 Å². The van der Waals surface area contributed by atoms with Crippen molar-refractivity contribution >= 4 is 55.7 Å². The lowest BCUT2D eigenvalue weighted by atomic mass is 10.1. The van der Waals surface area contributed by atoms with Crippen LogP contribution in [0.3, 0.4) is 0 Å². The van der Waals surface area contributed by atoms with Crippen LogP contribution in [0, 0.1) is 4.91 Å². The molecular weight excluding hydrogens is 454 g/mol. The molecule has 0 aliphatic heterocycles. The van der Waals surface area contributed by atoms with E-state index in [1.54, 1.807) is 12.1 Å². The van der Waals surface area contributed by atoms with Gasteiger partial charge in [-0.05, 0) is 93.5 Å². The van der Waals surface area contributed by atoms with E-state index in [1.165, 1.54) is 21.5 Å².